The van der Waals surface area contributed by atoms with Gasteiger partial charge in [-0.05, 0) is 60.6 Å². The molecule has 7 nitrogen and oxygen atoms in total. The number of thiocarbonyl (C=S) groups is 1. The van der Waals surface area contributed by atoms with E-state index in [4.69, 9.17) is 21.7 Å². The van der Waals surface area contributed by atoms with Gasteiger partial charge < -0.3 is 9.47 Å². The molecule has 3 aromatic rings. The molecular weight excluding hydrogens is 438 g/mol. The Bertz CT molecular complexity index is 1090. The van der Waals surface area contributed by atoms with Gasteiger partial charge in [-0.1, -0.05) is 49.4 Å². The molecule has 0 fully saturated rings. The first-order chi connectivity index (χ1) is 16.1. The molecular formula is C25H25N3O4S. The van der Waals surface area contributed by atoms with Gasteiger partial charge in [-0.15, -0.1) is 0 Å². The second-order valence-corrected chi connectivity index (χ2v) is 7.41. The van der Waals surface area contributed by atoms with Gasteiger partial charge in [0, 0.05) is 5.56 Å². The minimum Gasteiger partial charge on any atom is -0.494 e. The van der Waals surface area contributed by atoms with Gasteiger partial charge in [-0.3, -0.25) is 25.8 Å². The molecule has 0 aromatic heterocycles. The highest BCUT2D eigenvalue weighted by atomic mass is 32.1. The third kappa shape index (κ3) is 7.33. The van der Waals surface area contributed by atoms with Crippen LogP contribution in [0.2, 0.25) is 0 Å². The number of carbonyl (C=O) groups excluding carboxylic acids is 2. The van der Waals surface area contributed by atoms with E-state index >= 15 is 0 Å². The van der Waals surface area contributed by atoms with E-state index in [1.54, 1.807) is 48.5 Å². The van der Waals surface area contributed by atoms with E-state index in [0.29, 0.717) is 35.8 Å². The number of rotatable bonds is 8. The predicted octanol–water partition coefficient (Wildman–Crippen LogP) is 4.00. The van der Waals surface area contributed by atoms with Gasteiger partial charge >= 0.3 is 0 Å². The van der Waals surface area contributed by atoms with Gasteiger partial charge in [-0.2, -0.15) is 0 Å². The van der Waals surface area contributed by atoms with Crippen molar-refractivity contribution in [3.05, 3.63) is 95.6 Å². The molecule has 8 heteroatoms. The van der Waals surface area contributed by atoms with Crippen molar-refractivity contribution >= 4 is 29.1 Å². The first-order valence-electron chi connectivity index (χ1n) is 10.5. The number of hydrazine groups is 1. The maximum atomic E-state index is 12.6. The Morgan fingerprint density at radius 2 is 1.52 bits per heavy atom. The SMILES string of the molecule is CCCOc1ccc(C(=O)NC(=S)NNC(=O)c2ccccc2OCc2ccccc2)cc1. The predicted molar refractivity (Wildman–Crippen MR) is 130 cm³/mol. The van der Waals surface area contributed by atoms with Gasteiger partial charge in [-0.25, -0.2) is 0 Å². The normalized spacial score (nSPS) is 10.1. The summed E-state index contributed by atoms with van der Waals surface area (Å²) in [6.07, 6.45) is 0.900. The number of amides is 2. The van der Waals surface area contributed by atoms with Crippen LogP contribution in [0.1, 0.15) is 39.6 Å². The number of nitrogens with one attached hydrogen (secondary N) is 3. The lowest BCUT2D eigenvalue weighted by atomic mass is 10.2. The van der Waals surface area contributed by atoms with Gasteiger partial charge in [0.2, 0.25) is 0 Å². The smallest absolute Gasteiger partial charge is 0.273 e. The first kappa shape index (κ1) is 23.7. The Kier molecular flexibility index (Phi) is 8.79. The monoisotopic (exact) mass is 463 g/mol. The highest BCUT2D eigenvalue weighted by Gasteiger charge is 2.14. The van der Waals surface area contributed by atoms with Crippen molar-refractivity contribution < 1.29 is 19.1 Å². The number of ether oxygens (including phenoxy) is 2. The van der Waals surface area contributed by atoms with E-state index in [2.05, 4.69) is 16.2 Å². The molecule has 0 unspecified atom stereocenters. The molecule has 0 heterocycles. The minimum absolute atomic E-state index is 0.0395. The Morgan fingerprint density at radius 3 is 2.24 bits per heavy atom. The molecule has 0 spiro atoms. The zero-order valence-electron chi connectivity index (χ0n) is 18.2. The second-order valence-electron chi connectivity index (χ2n) is 7.01. The summed E-state index contributed by atoms with van der Waals surface area (Å²) in [7, 11) is 0. The largest absolute Gasteiger partial charge is 0.494 e. The summed E-state index contributed by atoms with van der Waals surface area (Å²) in [5.74, 6) is 0.263. The average molecular weight is 464 g/mol. The molecule has 0 atom stereocenters. The van der Waals surface area contributed by atoms with Crippen molar-refractivity contribution in [2.75, 3.05) is 6.61 Å². The zero-order chi connectivity index (χ0) is 23.5. The lowest BCUT2D eigenvalue weighted by Gasteiger charge is -2.14. The highest BCUT2D eigenvalue weighted by Crippen LogP contribution is 2.19. The zero-order valence-corrected chi connectivity index (χ0v) is 19.0. The molecule has 2 amide bonds. The van der Waals surface area contributed by atoms with E-state index < -0.39 is 11.8 Å². The van der Waals surface area contributed by atoms with Crippen molar-refractivity contribution in [2.45, 2.75) is 20.0 Å². The number of benzene rings is 3. The minimum atomic E-state index is -0.451. The van der Waals surface area contributed by atoms with Crippen LogP contribution in [0.25, 0.3) is 0 Å². The summed E-state index contributed by atoms with van der Waals surface area (Å²) in [5, 5.41) is 2.48. The maximum absolute atomic E-state index is 12.6. The molecule has 33 heavy (non-hydrogen) atoms. The van der Waals surface area contributed by atoms with Crippen molar-refractivity contribution in [2.24, 2.45) is 0 Å². The lowest BCUT2D eigenvalue weighted by molar-refractivity contribution is 0.0930. The van der Waals surface area contributed by atoms with Gasteiger partial charge in [0.05, 0.1) is 12.2 Å². The molecule has 3 N–H and O–H groups in total. The quantitative estimate of drug-likeness (QED) is 0.346. The summed E-state index contributed by atoms with van der Waals surface area (Å²) in [5.41, 5.74) is 6.75. The van der Waals surface area contributed by atoms with E-state index in [-0.39, 0.29) is 5.11 Å². The van der Waals surface area contributed by atoms with Crippen molar-refractivity contribution in [3.63, 3.8) is 0 Å². The molecule has 0 aliphatic rings. The summed E-state index contributed by atoms with van der Waals surface area (Å²) in [6.45, 7) is 2.96. The molecule has 0 aliphatic heterocycles. The third-order valence-corrected chi connectivity index (χ3v) is 4.68. The fourth-order valence-electron chi connectivity index (χ4n) is 2.83. The summed E-state index contributed by atoms with van der Waals surface area (Å²) < 4.78 is 11.3. The van der Waals surface area contributed by atoms with Crippen LogP contribution in [0.5, 0.6) is 11.5 Å². The van der Waals surface area contributed by atoms with Crippen molar-refractivity contribution in [3.8, 4) is 11.5 Å². The van der Waals surface area contributed by atoms with Crippen LogP contribution in [-0.2, 0) is 6.61 Å². The van der Waals surface area contributed by atoms with Crippen LogP contribution < -0.4 is 25.6 Å². The number of hydrogen-bond acceptors (Lipinski definition) is 5. The molecule has 0 saturated carbocycles. The van der Waals surface area contributed by atoms with Crippen LogP contribution in [0, 0.1) is 0 Å². The average Bonchev–Trinajstić information content (AvgIpc) is 2.86. The standard InChI is InChI=1S/C25H25N3O4S/c1-2-16-31-20-14-12-19(13-15-20)23(29)26-25(33)28-27-24(30)21-10-6-7-11-22(21)32-17-18-8-4-3-5-9-18/h3-15H,2,16-17H2,1H3,(H,27,30)(H2,26,28,29,33). The Labute approximate surface area is 198 Å². The first-order valence-corrected chi connectivity index (χ1v) is 10.9. The molecule has 0 aliphatic carbocycles. The topological polar surface area (TPSA) is 88.7 Å². The second kappa shape index (κ2) is 12.2. The van der Waals surface area contributed by atoms with E-state index in [0.717, 1.165) is 12.0 Å². The number of hydrogen-bond donors (Lipinski definition) is 3. The molecule has 3 aromatic carbocycles. The van der Waals surface area contributed by atoms with Gasteiger partial charge in [0.1, 0.15) is 18.1 Å². The van der Waals surface area contributed by atoms with Crippen LogP contribution in [0.4, 0.5) is 0 Å². The van der Waals surface area contributed by atoms with Gasteiger partial charge in [0.25, 0.3) is 11.8 Å². The number of carbonyl (C=O) groups is 2. The summed E-state index contributed by atoms with van der Waals surface area (Å²) >= 11 is 5.12. The molecule has 170 valence electrons. The van der Waals surface area contributed by atoms with E-state index in [9.17, 15) is 9.59 Å². The Morgan fingerprint density at radius 1 is 0.818 bits per heavy atom. The highest BCUT2D eigenvalue weighted by molar-refractivity contribution is 7.80. The molecule has 0 saturated heterocycles. The van der Waals surface area contributed by atoms with Crippen molar-refractivity contribution in [1.82, 2.24) is 16.2 Å². The van der Waals surface area contributed by atoms with E-state index in [1.807, 2.05) is 37.3 Å². The Hall–Kier alpha value is -3.91. The Balaban J connectivity index is 1.51. The molecule has 3 rings (SSSR count). The molecule has 0 radical (unpaired) electrons. The van der Waals surface area contributed by atoms with Crippen LogP contribution in [0.15, 0.2) is 78.9 Å². The third-order valence-electron chi connectivity index (χ3n) is 4.47. The van der Waals surface area contributed by atoms with Crippen LogP contribution in [-0.4, -0.2) is 23.5 Å². The van der Waals surface area contributed by atoms with Crippen LogP contribution in [0.3, 0.4) is 0 Å². The fourth-order valence-corrected chi connectivity index (χ4v) is 2.97. The van der Waals surface area contributed by atoms with Crippen LogP contribution >= 0.6 is 12.2 Å². The molecule has 0 bridgehead atoms. The lowest BCUT2D eigenvalue weighted by Crippen LogP contribution is -2.48. The van der Waals surface area contributed by atoms with Crippen molar-refractivity contribution in [1.29, 1.82) is 0 Å². The maximum Gasteiger partial charge on any atom is 0.273 e. The number of para-hydroxylation sites is 1. The summed E-state index contributed by atoms with van der Waals surface area (Å²) in [4.78, 5) is 25.0. The summed E-state index contributed by atoms with van der Waals surface area (Å²) in [6, 6.07) is 23.2. The van der Waals surface area contributed by atoms with E-state index in [1.165, 1.54) is 0 Å². The fraction of sp³-hybridized carbons (Fsp3) is 0.160. The van der Waals surface area contributed by atoms with Gasteiger partial charge in [0.15, 0.2) is 5.11 Å².